The Morgan fingerprint density at radius 2 is 1.67 bits per heavy atom. The van der Waals surface area contributed by atoms with Gasteiger partial charge in [-0.05, 0) is 55.2 Å². The zero-order valence-corrected chi connectivity index (χ0v) is 21.5. The number of likely N-dealkylation sites (tertiary alicyclic amines) is 1. The van der Waals surface area contributed by atoms with Gasteiger partial charge in [-0.2, -0.15) is 0 Å². The molecule has 0 radical (unpaired) electrons. The largest absolute Gasteiger partial charge is 0.361 e. The van der Waals surface area contributed by atoms with E-state index in [1.165, 1.54) is 16.5 Å². The number of carbonyl (C=O) groups is 2. The lowest BCUT2D eigenvalue weighted by Gasteiger charge is -2.52. The first kappa shape index (κ1) is 24.6. The van der Waals surface area contributed by atoms with E-state index in [9.17, 15) is 9.59 Å². The molecule has 5 rings (SSSR count). The Kier molecular flexibility index (Phi) is 7.15. The molecule has 2 N–H and O–H groups in total. The fourth-order valence-corrected chi connectivity index (χ4v) is 5.98. The summed E-state index contributed by atoms with van der Waals surface area (Å²) in [7, 11) is 0. The Hall–Kier alpha value is -3.12. The second-order valence-corrected chi connectivity index (χ2v) is 10.9. The van der Waals surface area contributed by atoms with E-state index in [-0.39, 0.29) is 11.8 Å². The van der Waals surface area contributed by atoms with Crippen molar-refractivity contribution in [2.45, 2.75) is 57.5 Å². The molecule has 1 atom stereocenters. The van der Waals surface area contributed by atoms with Crippen molar-refractivity contribution in [3.8, 4) is 0 Å². The minimum atomic E-state index is -0.750. The second-order valence-electron chi connectivity index (χ2n) is 10.9. The van der Waals surface area contributed by atoms with Crippen LogP contribution in [-0.2, 0) is 22.4 Å². The number of H-pyrrole nitrogens is 1. The molecule has 2 aromatic carbocycles. The summed E-state index contributed by atoms with van der Waals surface area (Å²) in [5.41, 5.74) is 2.88. The number of benzene rings is 2. The number of rotatable bonds is 8. The number of nitrogens with one attached hydrogen (secondary N) is 2. The zero-order chi connectivity index (χ0) is 25.1. The van der Waals surface area contributed by atoms with Crippen LogP contribution in [-0.4, -0.2) is 64.4 Å². The van der Waals surface area contributed by atoms with Crippen molar-refractivity contribution >= 4 is 22.7 Å². The van der Waals surface area contributed by atoms with Gasteiger partial charge in [0.15, 0.2) is 0 Å². The molecule has 0 bridgehead atoms. The number of nitrogens with zero attached hydrogens (tertiary/aromatic N) is 2. The summed E-state index contributed by atoms with van der Waals surface area (Å²) in [5, 5.41) is 4.32. The van der Waals surface area contributed by atoms with E-state index in [1.54, 1.807) is 0 Å². The van der Waals surface area contributed by atoms with Gasteiger partial charge in [0.1, 0.15) is 11.6 Å². The van der Waals surface area contributed by atoms with Crippen molar-refractivity contribution in [2.75, 3.05) is 26.2 Å². The highest BCUT2D eigenvalue weighted by Gasteiger charge is 2.53. The monoisotopic (exact) mass is 486 g/mol. The quantitative estimate of drug-likeness (QED) is 0.502. The van der Waals surface area contributed by atoms with E-state index >= 15 is 0 Å². The molecule has 2 saturated heterocycles. The van der Waals surface area contributed by atoms with Crippen LogP contribution in [0.5, 0.6) is 0 Å². The van der Waals surface area contributed by atoms with Crippen LogP contribution in [0.2, 0.25) is 0 Å². The Morgan fingerprint density at radius 3 is 2.42 bits per heavy atom. The molecule has 190 valence electrons. The van der Waals surface area contributed by atoms with E-state index in [0.29, 0.717) is 31.7 Å². The molecule has 1 unspecified atom stereocenters. The molecule has 2 fully saturated rings. The molecule has 2 aliphatic heterocycles. The van der Waals surface area contributed by atoms with Gasteiger partial charge in [-0.1, -0.05) is 62.4 Å². The van der Waals surface area contributed by atoms with Gasteiger partial charge in [0.25, 0.3) is 0 Å². The molecule has 2 aliphatic rings. The third-order valence-electron chi connectivity index (χ3n) is 8.04. The lowest BCUT2D eigenvalue weighted by Crippen LogP contribution is -2.73. The summed E-state index contributed by atoms with van der Waals surface area (Å²) >= 11 is 0. The number of hydrogen-bond acceptors (Lipinski definition) is 3. The number of hydrogen-bond donors (Lipinski definition) is 2. The van der Waals surface area contributed by atoms with Gasteiger partial charge in [-0.25, -0.2) is 0 Å². The highest BCUT2D eigenvalue weighted by atomic mass is 16.2. The third kappa shape index (κ3) is 4.92. The molecular weight excluding hydrogens is 448 g/mol. The normalized spacial score (nSPS) is 20.4. The van der Waals surface area contributed by atoms with Crippen molar-refractivity contribution in [2.24, 2.45) is 5.92 Å². The van der Waals surface area contributed by atoms with Gasteiger partial charge in [0, 0.05) is 43.3 Å². The Balaban J connectivity index is 1.32. The number of fused-ring (bicyclic) bond motifs is 1. The summed E-state index contributed by atoms with van der Waals surface area (Å²) in [4.78, 5) is 35.2. The molecule has 1 aromatic heterocycles. The molecule has 6 heteroatoms. The maximum absolute atomic E-state index is 13.8. The summed E-state index contributed by atoms with van der Waals surface area (Å²) in [6, 6.07) is 18.4. The summed E-state index contributed by atoms with van der Waals surface area (Å²) in [6.07, 6.45) is 5.82. The molecule has 3 heterocycles. The standard InChI is InChI=1S/C30H38N4O2/c1-22(2)20-27-28(35)34(17-13-24-21-31-26-11-7-6-10-25(24)26)30(29(36)32-27)14-18-33(19-15-30)16-12-23-8-4-3-5-9-23/h3-11,21-22,27,31H,12-20H2,1-2H3,(H,32,36). The Morgan fingerprint density at radius 1 is 0.944 bits per heavy atom. The van der Waals surface area contributed by atoms with Crippen LogP contribution in [0.15, 0.2) is 60.8 Å². The van der Waals surface area contributed by atoms with Crippen LogP contribution >= 0.6 is 0 Å². The minimum absolute atomic E-state index is 0.0365. The van der Waals surface area contributed by atoms with Gasteiger partial charge in [-0.3, -0.25) is 9.59 Å². The first-order valence-corrected chi connectivity index (χ1v) is 13.4. The van der Waals surface area contributed by atoms with Crippen LogP contribution in [0, 0.1) is 5.92 Å². The smallest absolute Gasteiger partial charge is 0.246 e. The van der Waals surface area contributed by atoms with E-state index < -0.39 is 11.6 Å². The number of aromatic nitrogens is 1. The van der Waals surface area contributed by atoms with E-state index in [4.69, 9.17) is 0 Å². The first-order chi connectivity index (χ1) is 17.5. The molecule has 0 saturated carbocycles. The number of aromatic amines is 1. The van der Waals surface area contributed by atoms with Crippen LogP contribution in [0.1, 0.15) is 44.2 Å². The number of amides is 2. The maximum Gasteiger partial charge on any atom is 0.246 e. The van der Waals surface area contributed by atoms with Gasteiger partial charge < -0.3 is 20.1 Å². The molecule has 2 amide bonds. The van der Waals surface area contributed by atoms with Crippen molar-refractivity contribution in [3.05, 3.63) is 71.9 Å². The predicted octanol–water partition coefficient (Wildman–Crippen LogP) is 4.16. The fourth-order valence-electron chi connectivity index (χ4n) is 5.98. The Bertz CT molecular complexity index is 1190. The SMILES string of the molecule is CC(C)CC1NC(=O)C2(CCN(CCc3ccccc3)CC2)N(CCc2c[nH]c3ccccc23)C1=O. The van der Waals surface area contributed by atoms with Crippen molar-refractivity contribution in [1.29, 1.82) is 0 Å². The average Bonchev–Trinajstić information content (AvgIpc) is 3.30. The molecule has 1 spiro atoms. The van der Waals surface area contributed by atoms with Gasteiger partial charge in [-0.15, -0.1) is 0 Å². The van der Waals surface area contributed by atoms with Crippen LogP contribution < -0.4 is 5.32 Å². The lowest BCUT2D eigenvalue weighted by atomic mass is 9.80. The topological polar surface area (TPSA) is 68.4 Å². The summed E-state index contributed by atoms with van der Waals surface area (Å²) in [6.45, 7) is 7.39. The predicted molar refractivity (Wildman–Crippen MR) is 144 cm³/mol. The van der Waals surface area contributed by atoms with Gasteiger partial charge in [0.05, 0.1) is 0 Å². The van der Waals surface area contributed by atoms with Gasteiger partial charge in [0.2, 0.25) is 11.8 Å². The van der Waals surface area contributed by atoms with E-state index in [1.807, 2.05) is 29.3 Å². The average molecular weight is 487 g/mol. The second kappa shape index (κ2) is 10.5. The van der Waals surface area contributed by atoms with E-state index in [2.05, 4.69) is 65.4 Å². The van der Waals surface area contributed by atoms with Crippen LogP contribution in [0.3, 0.4) is 0 Å². The first-order valence-electron chi connectivity index (χ1n) is 13.4. The highest BCUT2D eigenvalue weighted by Crippen LogP contribution is 2.34. The number of carbonyl (C=O) groups excluding carboxylic acids is 2. The zero-order valence-electron chi connectivity index (χ0n) is 21.5. The molecular formula is C30H38N4O2. The fraction of sp³-hybridized carbons (Fsp3) is 0.467. The lowest BCUT2D eigenvalue weighted by molar-refractivity contribution is -0.161. The third-order valence-corrected chi connectivity index (χ3v) is 8.04. The number of piperidine rings is 1. The summed E-state index contributed by atoms with van der Waals surface area (Å²) in [5.74, 6) is 0.457. The molecule has 3 aromatic rings. The van der Waals surface area contributed by atoms with Crippen LogP contribution in [0.25, 0.3) is 10.9 Å². The van der Waals surface area contributed by atoms with Crippen molar-refractivity contribution < 1.29 is 9.59 Å². The molecule has 0 aliphatic carbocycles. The maximum atomic E-state index is 13.8. The summed E-state index contributed by atoms with van der Waals surface area (Å²) < 4.78 is 0. The van der Waals surface area contributed by atoms with Crippen molar-refractivity contribution in [3.63, 3.8) is 0 Å². The highest BCUT2D eigenvalue weighted by molar-refractivity contribution is 6.00. The van der Waals surface area contributed by atoms with E-state index in [0.717, 1.165) is 38.0 Å². The van der Waals surface area contributed by atoms with Crippen LogP contribution in [0.4, 0.5) is 0 Å². The van der Waals surface area contributed by atoms with Crippen molar-refractivity contribution in [1.82, 2.24) is 20.1 Å². The van der Waals surface area contributed by atoms with Gasteiger partial charge >= 0.3 is 0 Å². The minimum Gasteiger partial charge on any atom is -0.361 e. The molecule has 36 heavy (non-hydrogen) atoms. The number of para-hydroxylation sites is 1. The Labute approximate surface area is 214 Å². The molecule has 6 nitrogen and oxygen atoms in total. The number of piperazine rings is 1.